The molecule has 2 unspecified atom stereocenters. The summed E-state index contributed by atoms with van der Waals surface area (Å²) in [5, 5.41) is 2.99. The average Bonchev–Trinajstić information content (AvgIpc) is 2.92. The monoisotopic (exact) mass is 287 g/mol. The van der Waals surface area contributed by atoms with Crippen LogP contribution in [0.1, 0.15) is 44.5 Å². The fourth-order valence-corrected chi connectivity index (χ4v) is 2.72. The summed E-state index contributed by atoms with van der Waals surface area (Å²) in [7, 11) is 0. The molecule has 5 nitrogen and oxygen atoms in total. The highest BCUT2D eigenvalue weighted by Crippen LogP contribution is 2.18. The Balaban J connectivity index is 1.59. The molecule has 1 aliphatic heterocycles. The van der Waals surface area contributed by atoms with E-state index in [-0.39, 0.29) is 18.1 Å². The molecular formula is C16H21N3O2. The number of imidazole rings is 1. The number of fused-ring (bicyclic) bond motifs is 1. The van der Waals surface area contributed by atoms with E-state index in [1.807, 2.05) is 31.2 Å². The topological polar surface area (TPSA) is 67.0 Å². The Morgan fingerprint density at radius 3 is 3.10 bits per heavy atom. The first kappa shape index (κ1) is 14.1. The second-order valence-electron chi connectivity index (χ2n) is 5.62. The molecule has 0 aliphatic carbocycles. The zero-order valence-electron chi connectivity index (χ0n) is 12.3. The number of para-hydroxylation sites is 2. The lowest BCUT2D eigenvalue weighted by molar-refractivity contribution is -0.125. The number of hydrogen-bond donors (Lipinski definition) is 2. The number of nitrogens with zero attached hydrogens (tertiary/aromatic N) is 1. The zero-order valence-corrected chi connectivity index (χ0v) is 12.3. The number of aromatic nitrogens is 2. The van der Waals surface area contributed by atoms with E-state index < -0.39 is 0 Å². The van der Waals surface area contributed by atoms with Crippen LogP contribution in [0.5, 0.6) is 0 Å². The molecule has 1 saturated heterocycles. The normalized spacial score (nSPS) is 20.3. The van der Waals surface area contributed by atoms with Crippen LogP contribution in [0.25, 0.3) is 11.0 Å². The first-order valence-electron chi connectivity index (χ1n) is 7.58. The summed E-state index contributed by atoms with van der Waals surface area (Å²) in [5.41, 5.74) is 1.91. The van der Waals surface area contributed by atoms with Gasteiger partial charge in [0.25, 0.3) is 0 Å². The molecule has 2 aromatic rings. The van der Waals surface area contributed by atoms with Crippen molar-refractivity contribution in [2.75, 3.05) is 6.61 Å². The summed E-state index contributed by atoms with van der Waals surface area (Å²) < 4.78 is 5.60. The minimum absolute atomic E-state index is 0.0230. The third-order valence-corrected chi connectivity index (χ3v) is 3.88. The van der Waals surface area contributed by atoms with Gasteiger partial charge in [-0.3, -0.25) is 4.79 Å². The van der Waals surface area contributed by atoms with Crippen molar-refractivity contribution < 1.29 is 9.53 Å². The Kier molecular flexibility index (Phi) is 4.20. The predicted molar refractivity (Wildman–Crippen MR) is 80.9 cm³/mol. The van der Waals surface area contributed by atoms with Crippen LogP contribution in [0.2, 0.25) is 0 Å². The van der Waals surface area contributed by atoms with E-state index in [0.717, 1.165) is 42.7 Å². The minimum atomic E-state index is -0.131. The van der Waals surface area contributed by atoms with Crippen LogP contribution in [0.3, 0.4) is 0 Å². The van der Waals surface area contributed by atoms with Crippen molar-refractivity contribution in [3.8, 4) is 0 Å². The largest absolute Gasteiger partial charge is 0.378 e. The SMILES string of the molecule is CC(NC(=O)CC1CCCCO1)c1nc2ccccc2[nH]1. The molecular weight excluding hydrogens is 266 g/mol. The fraction of sp³-hybridized carbons (Fsp3) is 0.500. The molecule has 1 aromatic carbocycles. The van der Waals surface area contributed by atoms with Crippen molar-refractivity contribution in [2.24, 2.45) is 0 Å². The van der Waals surface area contributed by atoms with E-state index in [0.29, 0.717) is 6.42 Å². The summed E-state index contributed by atoms with van der Waals surface area (Å²) in [6, 6.07) is 7.73. The van der Waals surface area contributed by atoms with Gasteiger partial charge in [0, 0.05) is 6.61 Å². The quantitative estimate of drug-likeness (QED) is 0.908. The molecule has 2 N–H and O–H groups in total. The molecule has 112 valence electrons. The fourth-order valence-electron chi connectivity index (χ4n) is 2.72. The number of amides is 1. The maximum absolute atomic E-state index is 12.1. The van der Waals surface area contributed by atoms with Crippen molar-refractivity contribution in [3.05, 3.63) is 30.1 Å². The number of rotatable bonds is 4. The van der Waals surface area contributed by atoms with E-state index in [9.17, 15) is 4.79 Å². The minimum Gasteiger partial charge on any atom is -0.378 e. The number of aromatic amines is 1. The highest BCUT2D eigenvalue weighted by Gasteiger charge is 2.20. The number of nitrogens with one attached hydrogen (secondary N) is 2. The Hall–Kier alpha value is -1.88. The first-order chi connectivity index (χ1) is 10.2. The van der Waals surface area contributed by atoms with Gasteiger partial charge in [0.15, 0.2) is 0 Å². The van der Waals surface area contributed by atoms with Crippen LogP contribution >= 0.6 is 0 Å². The van der Waals surface area contributed by atoms with Gasteiger partial charge in [0.1, 0.15) is 5.82 Å². The molecule has 2 atom stereocenters. The van der Waals surface area contributed by atoms with E-state index >= 15 is 0 Å². The van der Waals surface area contributed by atoms with Crippen molar-refractivity contribution in [2.45, 2.75) is 44.8 Å². The summed E-state index contributed by atoms with van der Waals surface area (Å²) in [4.78, 5) is 19.8. The number of ether oxygens (including phenoxy) is 1. The van der Waals surface area contributed by atoms with E-state index in [4.69, 9.17) is 4.74 Å². The average molecular weight is 287 g/mol. The Morgan fingerprint density at radius 2 is 2.33 bits per heavy atom. The van der Waals surface area contributed by atoms with E-state index in [2.05, 4.69) is 15.3 Å². The van der Waals surface area contributed by atoms with Gasteiger partial charge < -0.3 is 15.0 Å². The molecule has 3 rings (SSSR count). The van der Waals surface area contributed by atoms with Gasteiger partial charge in [-0.15, -0.1) is 0 Å². The summed E-state index contributed by atoms with van der Waals surface area (Å²) in [6.07, 6.45) is 3.74. The lowest BCUT2D eigenvalue weighted by Crippen LogP contribution is -2.32. The van der Waals surface area contributed by atoms with Crippen molar-refractivity contribution in [1.29, 1.82) is 0 Å². The van der Waals surface area contributed by atoms with Crippen LogP contribution in [-0.4, -0.2) is 28.6 Å². The standard InChI is InChI=1S/C16H21N3O2/c1-11(16-18-13-7-2-3-8-14(13)19-16)17-15(20)10-12-6-4-5-9-21-12/h2-3,7-8,11-12H,4-6,9-10H2,1H3,(H,17,20)(H,18,19). The third kappa shape index (κ3) is 3.42. The van der Waals surface area contributed by atoms with Gasteiger partial charge in [-0.25, -0.2) is 4.98 Å². The number of benzene rings is 1. The molecule has 2 heterocycles. The Morgan fingerprint density at radius 1 is 1.48 bits per heavy atom. The van der Waals surface area contributed by atoms with Crippen LogP contribution < -0.4 is 5.32 Å². The van der Waals surface area contributed by atoms with Crippen molar-refractivity contribution in [3.63, 3.8) is 0 Å². The highest BCUT2D eigenvalue weighted by atomic mass is 16.5. The lowest BCUT2D eigenvalue weighted by atomic mass is 10.1. The zero-order chi connectivity index (χ0) is 14.7. The van der Waals surface area contributed by atoms with Crippen LogP contribution in [0.15, 0.2) is 24.3 Å². The number of H-pyrrole nitrogens is 1. The third-order valence-electron chi connectivity index (χ3n) is 3.88. The summed E-state index contributed by atoms with van der Waals surface area (Å²) in [5.74, 6) is 0.809. The smallest absolute Gasteiger partial charge is 0.223 e. The second-order valence-corrected chi connectivity index (χ2v) is 5.62. The number of hydrogen-bond acceptors (Lipinski definition) is 3. The molecule has 1 aromatic heterocycles. The van der Waals surface area contributed by atoms with Gasteiger partial charge in [-0.05, 0) is 38.3 Å². The second kappa shape index (κ2) is 6.26. The van der Waals surface area contributed by atoms with Crippen molar-refractivity contribution in [1.82, 2.24) is 15.3 Å². The van der Waals surface area contributed by atoms with Crippen LogP contribution in [0, 0.1) is 0 Å². The molecule has 0 bridgehead atoms. The van der Waals surface area contributed by atoms with Gasteiger partial charge >= 0.3 is 0 Å². The number of carbonyl (C=O) groups excluding carboxylic acids is 1. The molecule has 1 amide bonds. The van der Waals surface area contributed by atoms with Gasteiger partial charge in [-0.2, -0.15) is 0 Å². The summed E-state index contributed by atoms with van der Waals surface area (Å²) in [6.45, 7) is 2.72. The molecule has 5 heteroatoms. The van der Waals surface area contributed by atoms with Gasteiger partial charge in [-0.1, -0.05) is 12.1 Å². The number of carbonyl (C=O) groups is 1. The highest BCUT2D eigenvalue weighted by molar-refractivity contribution is 5.77. The molecule has 0 spiro atoms. The van der Waals surface area contributed by atoms with E-state index in [1.54, 1.807) is 0 Å². The first-order valence-corrected chi connectivity index (χ1v) is 7.58. The molecule has 0 saturated carbocycles. The predicted octanol–water partition coefficient (Wildman–Crippen LogP) is 2.70. The molecule has 21 heavy (non-hydrogen) atoms. The summed E-state index contributed by atoms with van der Waals surface area (Å²) >= 11 is 0. The molecule has 0 radical (unpaired) electrons. The Bertz CT molecular complexity index is 584. The van der Waals surface area contributed by atoms with Gasteiger partial charge in [0.2, 0.25) is 5.91 Å². The van der Waals surface area contributed by atoms with E-state index in [1.165, 1.54) is 0 Å². The Labute approximate surface area is 124 Å². The van der Waals surface area contributed by atoms with Crippen molar-refractivity contribution >= 4 is 16.9 Å². The maximum Gasteiger partial charge on any atom is 0.223 e. The molecule has 1 fully saturated rings. The van der Waals surface area contributed by atoms with Crippen LogP contribution in [-0.2, 0) is 9.53 Å². The molecule has 1 aliphatic rings. The van der Waals surface area contributed by atoms with Crippen LogP contribution in [0.4, 0.5) is 0 Å². The maximum atomic E-state index is 12.1. The van der Waals surface area contributed by atoms with Gasteiger partial charge in [0.05, 0.1) is 29.6 Å². The lowest BCUT2D eigenvalue weighted by Gasteiger charge is -2.22.